The summed E-state index contributed by atoms with van der Waals surface area (Å²) in [6, 6.07) is 5.05. The number of rotatable bonds is 3. The molecule has 0 aromatic heterocycles. The highest BCUT2D eigenvalue weighted by molar-refractivity contribution is 5.94. The molecule has 1 aliphatic carbocycles. The van der Waals surface area contributed by atoms with E-state index in [1.165, 1.54) is 32.1 Å². The summed E-state index contributed by atoms with van der Waals surface area (Å²) >= 11 is 0. The standard InChI is InChI=1S/C16H23NO2/c1-12-10-14(8-9-15(12)18)16(19)17(2)11-13-6-4-3-5-7-13/h8-10,13,18H,3-7,11H2,1-2H3. The van der Waals surface area contributed by atoms with E-state index >= 15 is 0 Å². The topological polar surface area (TPSA) is 40.5 Å². The second-order valence-electron chi connectivity index (χ2n) is 5.69. The fraction of sp³-hybridized carbons (Fsp3) is 0.562. The molecule has 1 amide bonds. The molecule has 0 bridgehead atoms. The lowest BCUT2D eigenvalue weighted by molar-refractivity contribution is 0.0760. The lowest BCUT2D eigenvalue weighted by Gasteiger charge is -2.27. The van der Waals surface area contributed by atoms with Crippen molar-refractivity contribution in [1.29, 1.82) is 0 Å². The van der Waals surface area contributed by atoms with Gasteiger partial charge in [0.2, 0.25) is 0 Å². The summed E-state index contributed by atoms with van der Waals surface area (Å²) in [5.41, 5.74) is 1.41. The first-order valence-electron chi connectivity index (χ1n) is 7.13. The second kappa shape index (κ2) is 6.09. The minimum absolute atomic E-state index is 0.0497. The molecule has 3 nitrogen and oxygen atoms in total. The Morgan fingerprint density at radius 1 is 1.32 bits per heavy atom. The van der Waals surface area contributed by atoms with Crippen molar-refractivity contribution < 1.29 is 9.90 Å². The van der Waals surface area contributed by atoms with Crippen LogP contribution in [0.4, 0.5) is 0 Å². The van der Waals surface area contributed by atoms with E-state index in [0.29, 0.717) is 11.5 Å². The third-order valence-electron chi connectivity index (χ3n) is 4.05. The first kappa shape index (κ1) is 13.9. The minimum atomic E-state index is 0.0497. The van der Waals surface area contributed by atoms with Crippen LogP contribution in [0.5, 0.6) is 5.75 Å². The Labute approximate surface area is 115 Å². The van der Waals surface area contributed by atoms with Crippen molar-refractivity contribution in [2.75, 3.05) is 13.6 Å². The van der Waals surface area contributed by atoms with Gasteiger partial charge in [0, 0.05) is 19.2 Å². The Bertz CT molecular complexity index is 450. The van der Waals surface area contributed by atoms with Crippen LogP contribution in [-0.2, 0) is 0 Å². The quantitative estimate of drug-likeness (QED) is 0.906. The summed E-state index contributed by atoms with van der Waals surface area (Å²) in [6.07, 6.45) is 6.42. The molecule has 1 saturated carbocycles. The zero-order valence-corrected chi connectivity index (χ0v) is 11.9. The van der Waals surface area contributed by atoms with E-state index in [-0.39, 0.29) is 11.7 Å². The van der Waals surface area contributed by atoms with Crippen LogP contribution in [0.15, 0.2) is 18.2 Å². The largest absolute Gasteiger partial charge is 0.508 e. The SMILES string of the molecule is Cc1cc(C(=O)N(C)CC2CCCCC2)ccc1O. The van der Waals surface area contributed by atoms with Gasteiger partial charge in [0.05, 0.1) is 0 Å². The number of carbonyl (C=O) groups is 1. The number of phenolic OH excluding ortho intramolecular Hbond substituents is 1. The summed E-state index contributed by atoms with van der Waals surface area (Å²) in [6.45, 7) is 2.66. The number of hydrogen-bond acceptors (Lipinski definition) is 2. The van der Waals surface area contributed by atoms with Gasteiger partial charge in [-0.1, -0.05) is 19.3 Å². The van der Waals surface area contributed by atoms with E-state index in [1.807, 2.05) is 18.9 Å². The van der Waals surface area contributed by atoms with E-state index in [4.69, 9.17) is 0 Å². The van der Waals surface area contributed by atoms with Crippen LogP contribution < -0.4 is 0 Å². The smallest absolute Gasteiger partial charge is 0.253 e. The highest BCUT2D eigenvalue weighted by atomic mass is 16.3. The molecule has 3 heteroatoms. The molecule has 0 heterocycles. The zero-order valence-electron chi connectivity index (χ0n) is 11.9. The van der Waals surface area contributed by atoms with Crippen LogP contribution in [-0.4, -0.2) is 29.5 Å². The highest BCUT2D eigenvalue weighted by Gasteiger charge is 2.19. The summed E-state index contributed by atoms with van der Waals surface area (Å²) in [5.74, 6) is 0.945. The van der Waals surface area contributed by atoms with E-state index in [2.05, 4.69) is 0 Å². The maximum absolute atomic E-state index is 12.3. The van der Waals surface area contributed by atoms with Crippen LogP contribution in [0.3, 0.4) is 0 Å². The molecule has 0 spiro atoms. The van der Waals surface area contributed by atoms with E-state index in [9.17, 15) is 9.90 Å². The van der Waals surface area contributed by atoms with Crippen molar-refractivity contribution in [2.24, 2.45) is 5.92 Å². The Hall–Kier alpha value is -1.51. The molecule has 1 aromatic carbocycles. The van der Waals surface area contributed by atoms with Crippen molar-refractivity contribution in [3.63, 3.8) is 0 Å². The average Bonchev–Trinajstić information content (AvgIpc) is 2.42. The molecule has 0 unspecified atom stereocenters. The molecule has 104 valence electrons. The van der Waals surface area contributed by atoms with E-state index < -0.39 is 0 Å². The molecule has 1 aliphatic rings. The Morgan fingerprint density at radius 3 is 2.63 bits per heavy atom. The normalized spacial score (nSPS) is 16.3. The number of phenols is 1. The van der Waals surface area contributed by atoms with Crippen molar-refractivity contribution in [2.45, 2.75) is 39.0 Å². The van der Waals surface area contributed by atoms with Gasteiger partial charge < -0.3 is 10.0 Å². The first-order chi connectivity index (χ1) is 9.08. The van der Waals surface area contributed by atoms with Crippen LogP contribution in [0.1, 0.15) is 48.0 Å². The van der Waals surface area contributed by atoms with Gasteiger partial charge in [-0.2, -0.15) is 0 Å². The molecule has 1 fully saturated rings. The maximum atomic E-state index is 12.3. The summed E-state index contributed by atoms with van der Waals surface area (Å²) in [5, 5.41) is 9.50. The number of aromatic hydroxyl groups is 1. The van der Waals surface area contributed by atoms with Gasteiger partial charge >= 0.3 is 0 Å². The van der Waals surface area contributed by atoms with Gasteiger partial charge in [-0.3, -0.25) is 4.79 Å². The molecule has 1 N–H and O–H groups in total. The predicted octanol–water partition coefficient (Wildman–Crippen LogP) is 3.35. The lowest BCUT2D eigenvalue weighted by Crippen LogP contribution is -2.32. The van der Waals surface area contributed by atoms with Crippen molar-refractivity contribution in [3.8, 4) is 5.75 Å². The summed E-state index contributed by atoms with van der Waals surface area (Å²) < 4.78 is 0. The number of hydrogen-bond donors (Lipinski definition) is 1. The third-order valence-corrected chi connectivity index (χ3v) is 4.05. The third kappa shape index (κ3) is 3.49. The van der Waals surface area contributed by atoms with Crippen molar-refractivity contribution in [1.82, 2.24) is 4.90 Å². The number of aryl methyl sites for hydroxylation is 1. The number of carbonyl (C=O) groups excluding carboxylic acids is 1. The van der Waals surface area contributed by atoms with Crippen molar-refractivity contribution in [3.05, 3.63) is 29.3 Å². The Balaban J connectivity index is 1.99. The van der Waals surface area contributed by atoms with Gasteiger partial charge in [0.25, 0.3) is 5.91 Å². The van der Waals surface area contributed by atoms with Crippen LogP contribution >= 0.6 is 0 Å². The summed E-state index contributed by atoms with van der Waals surface area (Å²) in [7, 11) is 1.87. The van der Waals surface area contributed by atoms with E-state index in [1.54, 1.807) is 18.2 Å². The van der Waals surface area contributed by atoms with E-state index in [0.717, 1.165) is 12.1 Å². The molecule has 1 aromatic rings. The number of nitrogens with zero attached hydrogens (tertiary/aromatic N) is 1. The maximum Gasteiger partial charge on any atom is 0.253 e. The molecule has 0 aliphatic heterocycles. The van der Waals surface area contributed by atoms with Crippen LogP contribution in [0.25, 0.3) is 0 Å². The highest BCUT2D eigenvalue weighted by Crippen LogP contribution is 2.25. The molecule has 0 atom stereocenters. The van der Waals surface area contributed by atoms with Gasteiger partial charge in [-0.05, 0) is 49.4 Å². The number of benzene rings is 1. The molecular formula is C16H23NO2. The first-order valence-corrected chi connectivity index (χ1v) is 7.13. The van der Waals surface area contributed by atoms with Gasteiger partial charge in [0.1, 0.15) is 5.75 Å². The van der Waals surface area contributed by atoms with Crippen LogP contribution in [0, 0.1) is 12.8 Å². The molecular weight excluding hydrogens is 238 g/mol. The molecule has 2 rings (SSSR count). The monoisotopic (exact) mass is 261 g/mol. The minimum Gasteiger partial charge on any atom is -0.508 e. The van der Waals surface area contributed by atoms with Gasteiger partial charge in [-0.25, -0.2) is 0 Å². The predicted molar refractivity (Wildman–Crippen MR) is 76.4 cm³/mol. The Morgan fingerprint density at radius 2 is 2.00 bits per heavy atom. The summed E-state index contributed by atoms with van der Waals surface area (Å²) in [4.78, 5) is 14.1. The average molecular weight is 261 g/mol. The van der Waals surface area contributed by atoms with Gasteiger partial charge in [0.15, 0.2) is 0 Å². The fourth-order valence-electron chi connectivity index (χ4n) is 2.85. The number of amides is 1. The van der Waals surface area contributed by atoms with Crippen LogP contribution in [0.2, 0.25) is 0 Å². The van der Waals surface area contributed by atoms with Crippen molar-refractivity contribution >= 4 is 5.91 Å². The lowest BCUT2D eigenvalue weighted by atomic mass is 9.89. The second-order valence-corrected chi connectivity index (χ2v) is 5.69. The molecule has 0 saturated heterocycles. The molecule has 19 heavy (non-hydrogen) atoms. The fourth-order valence-corrected chi connectivity index (χ4v) is 2.85. The Kier molecular flexibility index (Phi) is 4.46. The molecule has 0 radical (unpaired) electrons. The van der Waals surface area contributed by atoms with Gasteiger partial charge in [-0.15, -0.1) is 0 Å². The zero-order chi connectivity index (χ0) is 13.8.